The van der Waals surface area contributed by atoms with Crippen molar-refractivity contribution in [3.8, 4) is 10.7 Å². The van der Waals surface area contributed by atoms with Gasteiger partial charge in [0.2, 0.25) is 5.91 Å². The van der Waals surface area contributed by atoms with E-state index in [0.29, 0.717) is 28.4 Å². The van der Waals surface area contributed by atoms with Gasteiger partial charge in [0.05, 0.1) is 10.6 Å². The van der Waals surface area contributed by atoms with Gasteiger partial charge in [0.25, 0.3) is 0 Å². The number of aromatic nitrogens is 3. The molecule has 28 heavy (non-hydrogen) atoms. The Bertz CT molecular complexity index is 966. The molecule has 0 unspecified atom stereocenters. The van der Waals surface area contributed by atoms with Crippen molar-refractivity contribution in [3.63, 3.8) is 0 Å². The lowest BCUT2D eigenvalue weighted by molar-refractivity contribution is -0.127. The molecule has 3 aromatic rings. The van der Waals surface area contributed by atoms with Crippen molar-refractivity contribution in [1.82, 2.24) is 19.7 Å². The fourth-order valence-corrected chi connectivity index (χ4v) is 5.13. The summed E-state index contributed by atoms with van der Waals surface area (Å²) in [4.78, 5) is 15.4. The van der Waals surface area contributed by atoms with Crippen molar-refractivity contribution in [3.05, 3.63) is 51.3 Å². The molecule has 9 heteroatoms. The molecule has 1 aromatic carbocycles. The van der Waals surface area contributed by atoms with Gasteiger partial charge in [-0.2, -0.15) is 0 Å². The van der Waals surface area contributed by atoms with Gasteiger partial charge in [0.15, 0.2) is 11.0 Å². The maximum atomic E-state index is 12.6. The van der Waals surface area contributed by atoms with Crippen LogP contribution in [-0.2, 0) is 11.3 Å². The summed E-state index contributed by atoms with van der Waals surface area (Å²) in [7, 11) is 1.78. The van der Waals surface area contributed by atoms with Gasteiger partial charge in [-0.1, -0.05) is 41.0 Å². The number of hydrogen-bond acceptors (Lipinski definition) is 5. The highest BCUT2D eigenvalue weighted by Crippen LogP contribution is 2.41. The predicted octanol–water partition coefficient (Wildman–Crippen LogP) is 5.40. The minimum Gasteiger partial charge on any atom is -0.341 e. The Morgan fingerprint density at radius 3 is 2.68 bits per heavy atom. The summed E-state index contributed by atoms with van der Waals surface area (Å²) in [5.74, 6) is 1.22. The summed E-state index contributed by atoms with van der Waals surface area (Å²) in [5, 5.41) is 12.7. The van der Waals surface area contributed by atoms with E-state index >= 15 is 0 Å². The molecule has 0 radical (unpaired) electrons. The van der Waals surface area contributed by atoms with Gasteiger partial charge in [0.1, 0.15) is 0 Å². The number of carbonyl (C=O) groups is 1. The first-order valence-electron chi connectivity index (χ1n) is 8.82. The smallest absolute Gasteiger partial charge is 0.233 e. The quantitative estimate of drug-likeness (QED) is 0.450. The van der Waals surface area contributed by atoms with Crippen LogP contribution >= 0.6 is 46.3 Å². The first kappa shape index (κ1) is 19.8. The van der Waals surface area contributed by atoms with Crippen molar-refractivity contribution in [2.45, 2.75) is 30.6 Å². The van der Waals surface area contributed by atoms with E-state index in [9.17, 15) is 4.79 Å². The number of thioether (sulfide) groups is 1. The van der Waals surface area contributed by atoms with E-state index in [1.54, 1.807) is 29.4 Å². The minimum absolute atomic E-state index is 0.0177. The topological polar surface area (TPSA) is 51.0 Å². The van der Waals surface area contributed by atoms with Crippen LogP contribution in [0.3, 0.4) is 0 Å². The SMILES string of the molecule is CN(Cc1cc(Cl)cc(Cl)c1)C(=O)CSc1nnc(-c2cccs2)n1C1CC1. The third-order valence-electron chi connectivity index (χ3n) is 4.41. The first-order chi connectivity index (χ1) is 13.5. The van der Waals surface area contributed by atoms with Crippen molar-refractivity contribution < 1.29 is 4.79 Å². The number of amides is 1. The molecule has 1 saturated carbocycles. The number of hydrogen-bond donors (Lipinski definition) is 0. The minimum atomic E-state index is 0.0177. The maximum Gasteiger partial charge on any atom is 0.233 e. The second-order valence-corrected chi connectivity index (χ2v) is 9.46. The van der Waals surface area contributed by atoms with Gasteiger partial charge in [-0.05, 0) is 48.1 Å². The van der Waals surface area contributed by atoms with Crippen LogP contribution < -0.4 is 0 Å². The Hall–Kier alpha value is -1.54. The monoisotopic (exact) mass is 452 g/mol. The Morgan fingerprint density at radius 1 is 1.29 bits per heavy atom. The maximum absolute atomic E-state index is 12.6. The van der Waals surface area contributed by atoms with Gasteiger partial charge in [-0.15, -0.1) is 21.5 Å². The highest BCUT2D eigenvalue weighted by atomic mass is 35.5. The van der Waals surface area contributed by atoms with Gasteiger partial charge in [-0.3, -0.25) is 9.36 Å². The van der Waals surface area contributed by atoms with E-state index in [1.807, 2.05) is 23.6 Å². The zero-order valence-electron chi connectivity index (χ0n) is 15.1. The summed E-state index contributed by atoms with van der Waals surface area (Å²) in [6.45, 7) is 0.454. The Labute approximate surface area is 181 Å². The molecular formula is C19H18Cl2N4OS2. The molecule has 0 aliphatic heterocycles. The molecule has 1 amide bonds. The van der Waals surface area contributed by atoms with E-state index in [4.69, 9.17) is 23.2 Å². The number of nitrogens with zero attached hydrogens (tertiary/aromatic N) is 4. The molecule has 5 nitrogen and oxygen atoms in total. The van der Waals surface area contributed by atoms with Crippen LogP contribution in [0.4, 0.5) is 0 Å². The molecule has 1 aliphatic carbocycles. The molecule has 2 aromatic heterocycles. The highest BCUT2D eigenvalue weighted by molar-refractivity contribution is 7.99. The van der Waals surface area contributed by atoms with Crippen molar-refractivity contribution in [2.24, 2.45) is 0 Å². The molecule has 146 valence electrons. The fourth-order valence-electron chi connectivity index (χ4n) is 2.91. The van der Waals surface area contributed by atoms with Gasteiger partial charge < -0.3 is 4.90 Å². The van der Waals surface area contributed by atoms with Crippen LogP contribution in [0.2, 0.25) is 10.0 Å². The zero-order chi connectivity index (χ0) is 19.7. The highest BCUT2D eigenvalue weighted by Gasteiger charge is 2.30. The summed E-state index contributed by atoms with van der Waals surface area (Å²) >= 11 is 15.2. The van der Waals surface area contributed by atoms with Crippen LogP contribution in [0.25, 0.3) is 10.7 Å². The third kappa shape index (κ3) is 4.54. The zero-order valence-corrected chi connectivity index (χ0v) is 18.3. The van der Waals surface area contributed by atoms with Crippen LogP contribution in [0, 0.1) is 0 Å². The second kappa shape index (κ2) is 8.45. The standard InChI is InChI=1S/C19H18Cl2N4OS2/c1-24(10-12-7-13(20)9-14(21)8-12)17(26)11-28-19-23-22-18(16-3-2-6-27-16)25(19)15-4-5-15/h2-3,6-9,15H,4-5,10-11H2,1H3. The largest absolute Gasteiger partial charge is 0.341 e. The Balaban J connectivity index is 1.42. The van der Waals surface area contributed by atoms with Crippen molar-refractivity contribution >= 4 is 52.2 Å². The van der Waals surface area contributed by atoms with Crippen molar-refractivity contribution in [2.75, 3.05) is 12.8 Å². The van der Waals surface area contributed by atoms with Crippen molar-refractivity contribution in [1.29, 1.82) is 0 Å². The van der Waals surface area contributed by atoms with E-state index in [0.717, 1.165) is 34.3 Å². The number of thiophene rings is 1. The van der Waals surface area contributed by atoms with Gasteiger partial charge in [0, 0.05) is 29.7 Å². The number of rotatable bonds is 7. The Morgan fingerprint density at radius 2 is 2.04 bits per heavy atom. The summed E-state index contributed by atoms with van der Waals surface area (Å²) in [6.07, 6.45) is 2.26. The first-order valence-corrected chi connectivity index (χ1v) is 11.4. The molecule has 2 heterocycles. The average Bonchev–Trinajstić information content (AvgIpc) is 3.16. The number of halogens is 2. The van der Waals surface area contributed by atoms with E-state index < -0.39 is 0 Å². The van der Waals surface area contributed by atoms with Gasteiger partial charge in [-0.25, -0.2) is 0 Å². The molecule has 4 rings (SSSR count). The average molecular weight is 453 g/mol. The molecule has 0 N–H and O–H groups in total. The molecule has 0 bridgehead atoms. The molecule has 1 fully saturated rings. The summed E-state index contributed by atoms with van der Waals surface area (Å²) < 4.78 is 2.18. The fraction of sp³-hybridized carbons (Fsp3) is 0.316. The van der Waals surface area contributed by atoms with Crippen LogP contribution in [-0.4, -0.2) is 38.4 Å². The summed E-state index contributed by atoms with van der Waals surface area (Å²) in [6, 6.07) is 9.83. The molecule has 0 atom stereocenters. The lowest BCUT2D eigenvalue weighted by Crippen LogP contribution is -2.27. The molecular weight excluding hydrogens is 435 g/mol. The lowest BCUT2D eigenvalue weighted by atomic mass is 10.2. The van der Waals surface area contributed by atoms with E-state index in [1.165, 1.54) is 11.8 Å². The van der Waals surface area contributed by atoms with Crippen LogP contribution in [0.15, 0.2) is 40.9 Å². The van der Waals surface area contributed by atoms with E-state index in [-0.39, 0.29) is 5.91 Å². The lowest BCUT2D eigenvalue weighted by Gasteiger charge is -2.17. The summed E-state index contributed by atoms with van der Waals surface area (Å²) in [5.41, 5.74) is 0.902. The second-order valence-electron chi connectivity index (χ2n) is 6.70. The molecule has 0 spiro atoms. The molecule has 0 saturated heterocycles. The third-order valence-corrected chi connectivity index (χ3v) is 6.64. The van der Waals surface area contributed by atoms with Crippen LogP contribution in [0.1, 0.15) is 24.4 Å². The predicted molar refractivity (Wildman–Crippen MR) is 115 cm³/mol. The number of benzene rings is 1. The number of carbonyl (C=O) groups excluding carboxylic acids is 1. The van der Waals surface area contributed by atoms with E-state index in [2.05, 4.69) is 20.8 Å². The van der Waals surface area contributed by atoms with Gasteiger partial charge >= 0.3 is 0 Å². The van der Waals surface area contributed by atoms with Crippen LogP contribution in [0.5, 0.6) is 0 Å². The normalized spacial score (nSPS) is 13.7. The molecule has 1 aliphatic rings. The Kier molecular flexibility index (Phi) is 5.96.